The van der Waals surface area contributed by atoms with E-state index in [2.05, 4.69) is 50.3 Å². The highest BCUT2D eigenvalue weighted by atomic mass is 127. The Bertz CT molecular complexity index is 372. The number of hydrogen-bond acceptors (Lipinski definition) is 3. The van der Waals surface area contributed by atoms with E-state index in [1.807, 2.05) is 18.3 Å². The molecule has 1 heterocycles. The number of halogens is 2. The second kappa shape index (κ2) is 12.2. The highest BCUT2D eigenvalue weighted by Crippen LogP contribution is 2.18. The van der Waals surface area contributed by atoms with E-state index in [1.165, 1.54) is 7.76 Å². The van der Waals surface area contributed by atoms with Gasteiger partial charge in [-0.15, -0.1) is 35.3 Å². The van der Waals surface area contributed by atoms with E-state index in [-0.39, 0.29) is 24.0 Å². The second-order valence-electron chi connectivity index (χ2n) is 3.58. The van der Waals surface area contributed by atoms with Gasteiger partial charge in [-0.05, 0) is 48.1 Å². The maximum atomic E-state index is 5.26. The Labute approximate surface area is 150 Å². The fourth-order valence-corrected chi connectivity index (χ4v) is 3.15. The van der Waals surface area contributed by atoms with Crippen LogP contribution in [-0.4, -0.2) is 39.3 Å². The molecular weight excluding hydrogens is 488 g/mol. The van der Waals surface area contributed by atoms with Crippen molar-refractivity contribution in [2.45, 2.75) is 13.3 Å². The average Bonchev–Trinajstić information content (AvgIpc) is 2.78. The van der Waals surface area contributed by atoms with E-state index in [4.69, 9.17) is 4.74 Å². The van der Waals surface area contributed by atoms with Gasteiger partial charge in [0.1, 0.15) is 0 Å². The van der Waals surface area contributed by atoms with E-state index in [0.717, 1.165) is 32.1 Å². The number of nitrogens with one attached hydrogen (secondary N) is 2. The summed E-state index contributed by atoms with van der Waals surface area (Å²) in [4.78, 5) is 5.56. The molecule has 0 fully saturated rings. The SMILES string of the molecule is CCOCCNC(=NC)NCCc1ccc(I)s1.I. The lowest BCUT2D eigenvalue weighted by atomic mass is 10.3. The summed E-state index contributed by atoms with van der Waals surface area (Å²) >= 11 is 4.19. The van der Waals surface area contributed by atoms with Gasteiger partial charge in [0.25, 0.3) is 0 Å². The first-order valence-corrected chi connectivity index (χ1v) is 7.92. The molecule has 0 unspecified atom stereocenters. The summed E-state index contributed by atoms with van der Waals surface area (Å²) in [6.07, 6.45) is 1.03. The second-order valence-corrected chi connectivity index (χ2v) is 6.64. The number of aliphatic imine (C=N–C) groups is 1. The van der Waals surface area contributed by atoms with Gasteiger partial charge < -0.3 is 15.4 Å². The van der Waals surface area contributed by atoms with Gasteiger partial charge in [0, 0.05) is 31.6 Å². The number of hydrogen-bond donors (Lipinski definition) is 2. The van der Waals surface area contributed by atoms with Crippen molar-refractivity contribution in [3.63, 3.8) is 0 Å². The minimum absolute atomic E-state index is 0. The van der Waals surface area contributed by atoms with E-state index in [0.29, 0.717) is 6.61 Å². The molecule has 4 nitrogen and oxygen atoms in total. The molecule has 19 heavy (non-hydrogen) atoms. The zero-order valence-electron chi connectivity index (χ0n) is 11.2. The van der Waals surface area contributed by atoms with Crippen molar-refractivity contribution >= 4 is 63.9 Å². The molecule has 0 saturated heterocycles. The molecule has 0 aromatic carbocycles. The third-order valence-electron chi connectivity index (χ3n) is 2.26. The predicted octanol–water partition coefficient (Wildman–Crippen LogP) is 2.71. The third-order valence-corrected chi connectivity index (χ3v) is 4.21. The van der Waals surface area contributed by atoms with Crippen molar-refractivity contribution in [2.24, 2.45) is 4.99 Å². The Morgan fingerprint density at radius 3 is 2.68 bits per heavy atom. The minimum Gasteiger partial charge on any atom is -0.380 e. The molecule has 0 aliphatic carbocycles. The largest absolute Gasteiger partial charge is 0.380 e. The van der Waals surface area contributed by atoms with Gasteiger partial charge in [0.05, 0.1) is 9.49 Å². The van der Waals surface area contributed by atoms with E-state index < -0.39 is 0 Å². The van der Waals surface area contributed by atoms with Crippen LogP contribution in [-0.2, 0) is 11.2 Å². The van der Waals surface area contributed by atoms with Crippen molar-refractivity contribution in [3.8, 4) is 0 Å². The summed E-state index contributed by atoms with van der Waals surface area (Å²) < 4.78 is 6.60. The van der Waals surface area contributed by atoms with Crippen LogP contribution in [0.1, 0.15) is 11.8 Å². The summed E-state index contributed by atoms with van der Waals surface area (Å²) in [7, 11) is 1.78. The van der Waals surface area contributed by atoms with Gasteiger partial charge >= 0.3 is 0 Å². The molecule has 1 aromatic heterocycles. The summed E-state index contributed by atoms with van der Waals surface area (Å²) in [6, 6.07) is 4.33. The molecule has 0 amide bonds. The first-order valence-electron chi connectivity index (χ1n) is 6.02. The number of rotatable bonds is 7. The van der Waals surface area contributed by atoms with Gasteiger partial charge in [0.2, 0.25) is 0 Å². The van der Waals surface area contributed by atoms with Crippen molar-refractivity contribution < 1.29 is 4.74 Å². The number of guanidine groups is 1. The molecule has 0 radical (unpaired) electrons. The molecular formula is C12H21I2N3OS. The highest BCUT2D eigenvalue weighted by Gasteiger charge is 1.99. The lowest BCUT2D eigenvalue weighted by Gasteiger charge is -2.11. The summed E-state index contributed by atoms with van der Waals surface area (Å²) in [5, 5.41) is 6.50. The maximum absolute atomic E-state index is 5.26. The Balaban J connectivity index is 0.00000324. The fraction of sp³-hybridized carbons (Fsp3) is 0.583. The highest BCUT2D eigenvalue weighted by molar-refractivity contribution is 14.1. The Morgan fingerprint density at radius 2 is 2.11 bits per heavy atom. The Hall–Kier alpha value is 0.390. The van der Waals surface area contributed by atoms with Crippen LogP contribution in [0.15, 0.2) is 17.1 Å². The molecule has 2 N–H and O–H groups in total. The molecule has 0 saturated carbocycles. The molecule has 0 aliphatic heterocycles. The Kier molecular flexibility index (Phi) is 12.4. The first-order chi connectivity index (χ1) is 8.76. The van der Waals surface area contributed by atoms with Crippen LogP contribution in [0.5, 0.6) is 0 Å². The van der Waals surface area contributed by atoms with Crippen LogP contribution in [0, 0.1) is 2.88 Å². The summed E-state index contributed by atoms with van der Waals surface area (Å²) in [5.74, 6) is 0.834. The zero-order valence-corrected chi connectivity index (χ0v) is 16.5. The smallest absolute Gasteiger partial charge is 0.191 e. The number of nitrogens with zero attached hydrogens (tertiary/aromatic N) is 1. The van der Waals surface area contributed by atoms with Crippen LogP contribution in [0.4, 0.5) is 0 Å². The van der Waals surface area contributed by atoms with Gasteiger partial charge in [-0.3, -0.25) is 4.99 Å². The summed E-state index contributed by atoms with van der Waals surface area (Å²) in [6.45, 7) is 5.13. The molecule has 0 aliphatic rings. The Morgan fingerprint density at radius 1 is 1.37 bits per heavy atom. The maximum Gasteiger partial charge on any atom is 0.191 e. The normalized spacial score (nSPS) is 11.0. The lowest BCUT2D eigenvalue weighted by molar-refractivity contribution is 0.152. The molecule has 1 aromatic rings. The van der Waals surface area contributed by atoms with Gasteiger partial charge in [-0.25, -0.2) is 0 Å². The fourth-order valence-electron chi connectivity index (χ4n) is 1.40. The molecule has 7 heteroatoms. The monoisotopic (exact) mass is 509 g/mol. The van der Waals surface area contributed by atoms with Crippen molar-refractivity contribution in [2.75, 3.05) is 33.4 Å². The van der Waals surface area contributed by atoms with Crippen LogP contribution in [0.2, 0.25) is 0 Å². The van der Waals surface area contributed by atoms with Crippen LogP contribution in [0.3, 0.4) is 0 Å². The number of ether oxygens (including phenoxy) is 1. The molecule has 0 spiro atoms. The van der Waals surface area contributed by atoms with E-state index >= 15 is 0 Å². The van der Waals surface area contributed by atoms with Crippen molar-refractivity contribution in [1.29, 1.82) is 0 Å². The zero-order chi connectivity index (χ0) is 13.2. The minimum atomic E-state index is 0. The average molecular weight is 509 g/mol. The van der Waals surface area contributed by atoms with E-state index in [1.54, 1.807) is 7.05 Å². The third kappa shape index (κ3) is 9.03. The molecule has 0 atom stereocenters. The predicted molar refractivity (Wildman–Crippen MR) is 102 cm³/mol. The topological polar surface area (TPSA) is 45.6 Å². The van der Waals surface area contributed by atoms with Crippen LogP contribution < -0.4 is 10.6 Å². The van der Waals surface area contributed by atoms with Gasteiger partial charge in [-0.1, -0.05) is 0 Å². The summed E-state index contributed by atoms with van der Waals surface area (Å²) in [5.41, 5.74) is 0. The van der Waals surface area contributed by atoms with Gasteiger partial charge in [-0.2, -0.15) is 0 Å². The van der Waals surface area contributed by atoms with Crippen molar-refractivity contribution in [3.05, 3.63) is 19.9 Å². The van der Waals surface area contributed by atoms with Crippen molar-refractivity contribution in [1.82, 2.24) is 10.6 Å². The first kappa shape index (κ1) is 19.4. The van der Waals surface area contributed by atoms with Gasteiger partial charge in [0.15, 0.2) is 5.96 Å². The van der Waals surface area contributed by atoms with Crippen LogP contribution in [0.25, 0.3) is 0 Å². The molecule has 0 bridgehead atoms. The quantitative estimate of drug-likeness (QED) is 0.258. The van der Waals surface area contributed by atoms with Crippen LogP contribution >= 0.6 is 57.9 Å². The number of thiophene rings is 1. The van der Waals surface area contributed by atoms with E-state index in [9.17, 15) is 0 Å². The molecule has 1 rings (SSSR count). The standard InChI is InChI=1S/C12H20IN3OS.HI/c1-3-17-9-8-16-12(14-2)15-7-6-10-4-5-11(13)18-10;/h4-5H,3,6-9H2,1-2H3,(H2,14,15,16);1H. The lowest BCUT2D eigenvalue weighted by Crippen LogP contribution is -2.39. The molecule has 110 valence electrons.